The number of nitrogens with one attached hydrogen (secondary N) is 2. The third-order valence-electron chi connectivity index (χ3n) is 3.11. The van der Waals surface area contributed by atoms with Crippen LogP contribution in [0.25, 0.3) is 0 Å². The molecule has 5 nitrogen and oxygen atoms in total. The van der Waals surface area contributed by atoms with Gasteiger partial charge in [0.25, 0.3) is 0 Å². The van der Waals surface area contributed by atoms with E-state index in [9.17, 15) is 0 Å². The predicted molar refractivity (Wildman–Crippen MR) is 77.6 cm³/mol. The van der Waals surface area contributed by atoms with Crippen LogP contribution in [0.15, 0.2) is 21.9 Å². The molecule has 1 atom stereocenters. The van der Waals surface area contributed by atoms with Crippen molar-refractivity contribution in [2.24, 2.45) is 0 Å². The fraction of sp³-hybridized carbons (Fsp3) is 0.538. The van der Waals surface area contributed by atoms with Gasteiger partial charge in [-0.25, -0.2) is 0 Å². The zero-order valence-corrected chi connectivity index (χ0v) is 12.5. The first-order chi connectivity index (χ1) is 9.03. The van der Waals surface area contributed by atoms with Crippen LogP contribution in [0, 0.1) is 0 Å². The van der Waals surface area contributed by atoms with Gasteiger partial charge in [-0.3, -0.25) is 0 Å². The smallest absolute Gasteiger partial charge is 0.315 e. The lowest BCUT2D eigenvalue weighted by molar-refractivity contribution is 0.437. The molecule has 104 valence electrons. The van der Waals surface area contributed by atoms with Crippen LogP contribution in [0.2, 0.25) is 0 Å². The van der Waals surface area contributed by atoms with Crippen LogP contribution < -0.4 is 10.6 Å². The molecule has 2 heterocycles. The Hall–Kier alpha value is -1.40. The molecule has 19 heavy (non-hydrogen) atoms. The monoisotopic (exact) mass is 280 g/mol. The van der Waals surface area contributed by atoms with E-state index in [1.807, 2.05) is 14.0 Å². The molecule has 2 rings (SSSR count). The molecule has 6 heteroatoms. The molecule has 1 unspecified atom stereocenters. The third kappa shape index (κ3) is 3.33. The van der Waals surface area contributed by atoms with Gasteiger partial charge in [0, 0.05) is 16.8 Å². The van der Waals surface area contributed by atoms with E-state index >= 15 is 0 Å². The van der Waals surface area contributed by atoms with Gasteiger partial charge in [-0.1, -0.05) is 25.0 Å². The van der Waals surface area contributed by atoms with Crippen LogP contribution in [0.3, 0.4) is 0 Å². The standard InChI is InChI=1S/C13H20N4OS/c1-9(14-4)11-16-17-12(18-11)15-8-13(2,3)10-6-5-7-19-10/h5-7,9,14H,8H2,1-4H3,(H,15,17). The van der Waals surface area contributed by atoms with E-state index < -0.39 is 0 Å². The maximum absolute atomic E-state index is 5.56. The molecule has 0 amide bonds. The number of nitrogens with zero attached hydrogens (tertiary/aromatic N) is 2. The van der Waals surface area contributed by atoms with E-state index in [0.29, 0.717) is 11.9 Å². The fourth-order valence-corrected chi connectivity index (χ4v) is 2.50. The number of hydrogen-bond donors (Lipinski definition) is 2. The Morgan fingerprint density at radius 3 is 2.84 bits per heavy atom. The molecule has 0 aliphatic carbocycles. The summed E-state index contributed by atoms with van der Waals surface area (Å²) in [5.41, 5.74) is 0.0391. The van der Waals surface area contributed by atoms with Gasteiger partial charge in [0.2, 0.25) is 5.89 Å². The second kappa shape index (κ2) is 5.71. The van der Waals surface area contributed by atoms with Crippen molar-refractivity contribution in [1.29, 1.82) is 0 Å². The highest BCUT2D eigenvalue weighted by molar-refractivity contribution is 7.10. The molecule has 0 spiro atoms. The van der Waals surface area contributed by atoms with Crippen LogP contribution in [-0.2, 0) is 5.41 Å². The molecule has 0 aromatic carbocycles. The number of rotatable bonds is 6. The summed E-state index contributed by atoms with van der Waals surface area (Å²) in [6, 6.07) is 4.76. The number of hydrogen-bond acceptors (Lipinski definition) is 6. The molecule has 0 radical (unpaired) electrons. The molecular formula is C13H20N4OS. The van der Waals surface area contributed by atoms with Gasteiger partial charge < -0.3 is 15.1 Å². The fourth-order valence-electron chi connectivity index (χ4n) is 1.65. The van der Waals surface area contributed by atoms with E-state index in [2.05, 4.69) is 52.2 Å². The molecule has 0 saturated heterocycles. The Labute approximate surface area is 117 Å². The van der Waals surface area contributed by atoms with Crippen molar-refractivity contribution in [3.8, 4) is 0 Å². The van der Waals surface area contributed by atoms with E-state index in [4.69, 9.17) is 4.42 Å². The van der Waals surface area contributed by atoms with E-state index in [0.717, 1.165) is 6.54 Å². The number of anilines is 1. The quantitative estimate of drug-likeness (QED) is 0.852. The largest absolute Gasteiger partial charge is 0.406 e. The molecule has 0 aliphatic rings. The van der Waals surface area contributed by atoms with E-state index in [1.165, 1.54) is 4.88 Å². The summed E-state index contributed by atoms with van der Waals surface area (Å²) >= 11 is 1.76. The maximum Gasteiger partial charge on any atom is 0.315 e. The van der Waals surface area contributed by atoms with Crippen molar-refractivity contribution in [2.75, 3.05) is 18.9 Å². The average Bonchev–Trinajstić information content (AvgIpc) is 3.06. The Bertz CT molecular complexity index is 506. The topological polar surface area (TPSA) is 63.0 Å². The minimum absolute atomic E-state index is 0.0391. The Kier molecular flexibility index (Phi) is 4.21. The van der Waals surface area contributed by atoms with Crippen molar-refractivity contribution in [3.05, 3.63) is 28.3 Å². The summed E-state index contributed by atoms with van der Waals surface area (Å²) < 4.78 is 5.56. The van der Waals surface area contributed by atoms with Gasteiger partial charge in [0.15, 0.2) is 0 Å². The second-order valence-electron chi connectivity index (χ2n) is 5.17. The second-order valence-corrected chi connectivity index (χ2v) is 6.12. The Morgan fingerprint density at radius 2 is 2.21 bits per heavy atom. The summed E-state index contributed by atoms with van der Waals surface area (Å²) in [6.45, 7) is 7.12. The van der Waals surface area contributed by atoms with Crippen LogP contribution in [0.4, 0.5) is 6.01 Å². The van der Waals surface area contributed by atoms with Gasteiger partial charge >= 0.3 is 6.01 Å². The summed E-state index contributed by atoms with van der Waals surface area (Å²) in [5, 5.41) is 16.4. The Morgan fingerprint density at radius 1 is 1.42 bits per heavy atom. The lowest BCUT2D eigenvalue weighted by Crippen LogP contribution is -2.26. The number of thiophene rings is 1. The van der Waals surface area contributed by atoms with Crippen LogP contribution in [0.5, 0.6) is 0 Å². The molecule has 0 aliphatic heterocycles. The van der Waals surface area contributed by atoms with Crippen molar-refractivity contribution in [2.45, 2.75) is 32.2 Å². The normalized spacial score (nSPS) is 13.5. The lowest BCUT2D eigenvalue weighted by atomic mass is 9.91. The van der Waals surface area contributed by atoms with Crippen LogP contribution in [-0.4, -0.2) is 23.8 Å². The Balaban J connectivity index is 1.97. The van der Waals surface area contributed by atoms with Gasteiger partial charge in [0.05, 0.1) is 6.04 Å². The van der Waals surface area contributed by atoms with Gasteiger partial charge in [0.1, 0.15) is 0 Å². The molecule has 2 aromatic heterocycles. The van der Waals surface area contributed by atoms with Crippen molar-refractivity contribution >= 4 is 17.4 Å². The zero-order valence-electron chi connectivity index (χ0n) is 11.7. The molecule has 0 bridgehead atoms. The SMILES string of the molecule is CNC(C)c1nnc(NCC(C)(C)c2cccs2)o1. The first-order valence-corrected chi connectivity index (χ1v) is 7.19. The first-order valence-electron chi connectivity index (χ1n) is 6.31. The van der Waals surface area contributed by atoms with Crippen molar-refractivity contribution < 1.29 is 4.42 Å². The highest BCUT2D eigenvalue weighted by atomic mass is 32.1. The van der Waals surface area contributed by atoms with Crippen molar-refractivity contribution in [1.82, 2.24) is 15.5 Å². The number of aromatic nitrogens is 2. The zero-order chi connectivity index (χ0) is 13.9. The van der Waals surface area contributed by atoms with Crippen LogP contribution in [0.1, 0.15) is 37.6 Å². The lowest BCUT2D eigenvalue weighted by Gasteiger charge is -2.22. The molecule has 0 fully saturated rings. The van der Waals surface area contributed by atoms with E-state index in [1.54, 1.807) is 11.3 Å². The maximum atomic E-state index is 5.56. The molecule has 0 saturated carbocycles. The van der Waals surface area contributed by atoms with Gasteiger partial charge in [-0.2, -0.15) is 0 Å². The summed E-state index contributed by atoms with van der Waals surface area (Å²) in [7, 11) is 1.86. The van der Waals surface area contributed by atoms with Crippen molar-refractivity contribution in [3.63, 3.8) is 0 Å². The molecule has 2 N–H and O–H groups in total. The van der Waals surface area contributed by atoms with Gasteiger partial charge in [-0.05, 0) is 25.4 Å². The summed E-state index contributed by atoms with van der Waals surface area (Å²) in [6.07, 6.45) is 0. The van der Waals surface area contributed by atoms with E-state index in [-0.39, 0.29) is 11.5 Å². The highest BCUT2D eigenvalue weighted by Crippen LogP contribution is 2.27. The molecular weight excluding hydrogens is 260 g/mol. The highest BCUT2D eigenvalue weighted by Gasteiger charge is 2.22. The average molecular weight is 280 g/mol. The molecule has 2 aromatic rings. The third-order valence-corrected chi connectivity index (χ3v) is 4.35. The minimum atomic E-state index is 0.0391. The summed E-state index contributed by atoms with van der Waals surface area (Å²) in [5.74, 6) is 0.596. The minimum Gasteiger partial charge on any atom is -0.406 e. The first kappa shape index (κ1) is 14.0. The van der Waals surface area contributed by atoms with Crippen LogP contribution >= 0.6 is 11.3 Å². The van der Waals surface area contributed by atoms with Gasteiger partial charge in [-0.15, -0.1) is 16.4 Å². The summed E-state index contributed by atoms with van der Waals surface area (Å²) in [4.78, 5) is 1.34. The predicted octanol–water partition coefficient (Wildman–Crippen LogP) is 2.80.